The van der Waals surface area contributed by atoms with Crippen molar-refractivity contribution in [1.29, 1.82) is 0 Å². The van der Waals surface area contributed by atoms with Crippen LogP contribution in [0.15, 0.2) is 10.5 Å². The normalized spacial score (nSPS) is 10.9. The minimum atomic E-state index is -1.16. The molecule has 0 saturated heterocycles. The van der Waals surface area contributed by atoms with Crippen molar-refractivity contribution >= 4 is 32.7 Å². The lowest BCUT2D eigenvalue weighted by molar-refractivity contribution is 0.538. The molecule has 1 aromatic heterocycles. The van der Waals surface area contributed by atoms with Gasteiger partial charge in [0.05, 0.1) is 4.47 Å². The van der Waals surface area contributed by atoms with Gasteiger partial charge in [0.2, 0.25) is 0 Å². The number of anilines is 1. The molecule has 0 saturated carbocycles. The summed E-state index contributed by atoms with van der Waals surface area (Å²) in [7, 11) is 0. The van der Waals surface area contributed by atoms with Crippen LogP contribution in [0.25, 0.3) is 10.9 Å². The highest BCUT2D eigenvalue weighted by atomic mass is 79.9. The summed E-state index contributed by atoms with van der Waals surface area (Å²) in [6.07, 6.45) is -1.16. The lowest BCUT2D eigenvalue weighted by Crippen LogP contribution is -2.01. The lowest BCUT2D eigenvalue weighted by Gasteiger charge is -2.04. The Morgan fingerprint density at radius 1 is 1.20 bits per heavy atom. The molecule has 2 N–H and O–H groups in total. The second-order valence-electron chi connectivity index (χ2n) is 2.76. The molecule has 15 heavy (non-hydrogen) atoms. The molecule has 0 bridgehead atoms. The summed E-state index contributed by atoms with van der Waals surface area (Å²) in [5.74, 6) is -2.15. The molecule has 0 fully saturated rings. The average molecular weight is 278 g/mol. The predicted octanol–water partition coefficient (Wildman–Crippen LogP) is 2.39. The van der Waals surface area contributed by atoms with Crippen LogP contribution in [0.3, 0.4) is 0 Å². The summed E-state index contributed by atoms with van der Waals surface area (Å²) in [4.78, 5) is 6.37. The molecule has 0 aliphatic heterocycles. The molecule has 2 rings (SSSR count). The van der Waals surface area contributed by atoms with E-state index in [1.807, 2.05) is 0 Å². The largest absolute Gasteiger partial charge is 0.383 e. The topological polar surface area (TPSA) is 51.8 Å². The van der Waals surface area contributed by atoms with Crippen molar-refractivity contribution in [3.63, 3.8) is 0 Å². The van der Waals surface area contributed by atoms with E-state index >= 15 is 0 Å². The first-order valence-electron chi connectivity index (χ1n) is 3.77. The van der Waals surface area contributed by atoms with E-state index in [1.165, 1.54) is 0 Å². The fourth-order valence-electron chi connectivity index (χ4n) is 1.17. The number of nitrogen functional groups attached to an aromatic ring is 1. The van der Waals surface area contributed by atoms with Crippen LogP contribution < -0.4 is 5.73 Å². The van der Waals surface area contributed by atoms with Crippen LogP contribution >= 0.6 is 15.9 Å². The molecule has 78 valence electrons. The lowest BCUT2D eigenvalue weighted by atomic mass is 10.2. The molecule has 0 aliphatic carbocycles. The van der Waals surface area contributed by atoms with E-state index in [-0.39, 0.29) is 16.7 Å². The first-order chi connectivity index (χ1) is 7.00. The summed E-state index contributed by atoms with van der Waals surface area (Å²) >= 11 is 2.68. The Kier molecular flexibility index (Phi) is 2.26. The zero-order valence-corrected chi connectivity index (χ0v) is 8.65. The molecule has 0 atom stereocenters. The Morgan fingerprint density at radius 2 is 1.87 bits per heavy atom. The number of rotatable bonds is 0. The number of aromatic nitrogens is 2. The molecule has 0 unspecified atom stereocenters. The summed E-state index contributed by atoms with van der Waals surface area (Å²) in [6, 6.07) is 0.942. The van der Waals surface area contributed by atoms with Crippen molar-refractivity contribution in [3.8, 4) is 0 Å². The van der Waals surface area contributed by atoms with E-state index in [0.29, 0.717) is 0 Å². The van der Waals surface area contributed by atoms with Crippen molar-refractivity contribution in [1.82, 2.24) is 9.97 Å². The van der Waals surface area contributed by atoms with Gasteiger partial charge in [0, 0.05) is 5.39 Å². The molecule has 0 amide bonds. The third-order valence-electron chi connectivity index (χ3n) is 1.83. The smallest absolute Gasteiger partial charge is 0.311 e. The maximum absolute atomic E-state index is 13.4. The maximum atomic E-state index is 13.4. The van der Waals surface area contributed by atoms with Gasteiger partial charge in [-0.25, -0.2) is 8.78 Å². The second-order valence-corrected chi connectivity index (χ2v) is 3.55. The van der Waals surface area contributed by atoms with Gasteiger partial charge >= 0.3 is 6.08 Å². The zero-order chi connectivity index (χ0) is 11.2. The van der Waals surface area contributed by atoms with Crippen LogP contribution in [-0.2, 0) is 0 Å². The van der Waals surface area contributed by atoms with Crippen LogP contribution in [0, 0.1) is 17.7 Å². The van der Waals surface area contributed by atoms with E-state index < -0.39 is 22.2 Å². The third-order valence-corrected chi connectivity index (χ3v) is 2.56. The van der Waals surface area contributed by atoms with Crippen LogP contribution in [0.4, 0.5) is 19.0 Å². The SMILES string of the molecule is Nc1nc(F)nc2c(F)c(Br)c(F)cc12. The molecule has 0 aliphatic rings. The second kappa shape index (κ2) is 3.34. The van der Waals surface area contributed by atoms with Gasteiger partial charge in [0.1, 0.15) is 17.2 Å². The van der Waals surface area contributed by atoms with Gasteiger partial charge in [0.15, 0.2) is 5.82 Å². The first-order valence-corrected chi connectivity index (χ1v) is 4.56. The molecule has 0 spiro atoms. The van der Waals surface area contributed by atoms with E-state index in [4.69, 9.17) is 5.73 Å². The van der Waals surface area contributed by atoms with Gasteiger partial charge in [-0.05, 0) is 22.0 Å². The molecular formula is C8H3BrF3N3. The third kappa shape index (κ3) is 1.52. The predicted molar refractivity (Wildman–Crippen MR) is 51.5 cm³/mol. The van der Waals surface area contributed by atoms with Crippen LogP contribution in [0.2, 0.25) is 0 Å². The Bertz CT molecular complexity index is 559. The maximum Gasteiger partial charge on any atom is 0.311 e. The quantitative estimate of drug-likeness (QED) is 0.594. The molecule has 2 aromatic rings. The van der Waals surface area contributed by atoms with Crippen molar-refractivity contribution in [2.24, 2.45) is 0 Å². The van der Waals surface area contributed by atoms with E-state index in [9.17, 15) is 13.2 Å². The summed E-state index contributed by atoms with van der Waals surface area (Å²) in [5.41, 5.74) is 4.95. The summed E-state index contributed by atoms with van der Waals surface area (Å²) in [6.45, 7) is 0. The monoisotopic (exact) mass is 277 g/mol. The van der Waals surface area contributed by atoms with Crippen LogP contribution in [0.5, 0.6) is 0 Å². The van der Waals surface area contributed by atoms with Crippen LogP contribution in [-0.4, -0.2) is 9.97 Å². The fourth-order valence-corrected chi connectivity index (χ4v) is 1.47. The molecule has 7 heteroatoms. The fraction of sp³-hybridized carbons (Fsp3) is 0. The van der Waals surface area contributed by atoms with Crippen molar-refractivity contribution in [2.45, 2.75) is 0 Å². The minimum Gasteiger partial charge on any atom is -0.383 e. The molecule has 1 heterocycles. The number of halogens is 4. The highest BCUT2D eigenvalue weighted by Gasteiger charge is 2.16. The number of hydrogen-bond acceptors (Lipinski definition) is 3. The summed E-state index contributed by atoms with van der Waals surface area (Å²) in [5, 5.41) is -0.0606. The zero-order valence-electron chi connectivity index (χ0n) is 7.06. The molecule has 0 radical (unpaired) electrons. The molecule has 1 aromatic carbocycles. The summed E-state index contributed by atoms with van der Waals surface area (Å²) < 4.78 is 38.8. The number of hydrogen-bond donors (Lipinski definition) is 1. The average Bonchev–Trinajstić information content (AvgIpc) is 2.17. The van der Waals surface area contributed by atoms with Gasteiger partial charge in [-0.2, -0.15) is 14.4 Å². The Balaban J connectivity index is 2.98. The van der Waals surface area contributed by atoms with Crippen molar-refractivity contribution in [3.05, 3.63) is 28.3 Å². The van der Waals surface area contributed by atoms with Gasteiger partial charge in [-0.1, -0.05) is 0 Å². The Hall–Kier alpha value is -1.37. The Morgan fingerprint density at radius 3 is 2.53 bits per heavy atom. The van der Waals surface area contributed by atoms with Gasteiger partial charge < -0.3 is 5.73 Å². The molecule has 3 nitrogen and oxygen atoms in total. The van der Waals surface area contributed by atoms with Gasteiger partial charge in [0.25, 0.3) is 0 Å². The van der Waals surface area contributed by atoms with Crippen molar-refractivity contribution < 1.29 is 13.2 Å². The molecular weight excluding hydrogens is 275 g/mol. The number of benzene rings is 1. The number of nitrogens with zero attached hydrogens (tertiary/aromatic N) is 2. The van der Waals surface area contributed by atoms with E-state index in [2.05, 4.69) is 25.9 Å². The van der Waals surface area contributed by atoms with E-state index in [0.717, 1.165) is 6.07 Å². The van der Waals surface area contributed by atoms with Crippen molar-refractivity contribution in [2.75, 3.05) is 5.73 Å². The van der Waals surface area contributed by atoms with Gasteiger partial charge in [-0.3, -0.25) is 0 Å². The first kappa shape index (κ1) is 10.2. The highest BCUT2D eigenvalue weighted by molar-refractivity contribution is 9.10. The number of fused-ring (bicyclic) bond motifs is 1. The van der Waals surface area contributed by atoms with E-state index in [1.54, 1.807) is 0 Å². The van der Waals surface area contributed by atoms with Crippen LogP contribution in [0.1, 0.15) is 0 Å². The highest BCUT2D eigenvalue weighted by Crippen LogP contribution is 2.28. The number of nitrogens with two attached hydrogens (primary N) is 1. The standard InChI is InChI=1S/C8H3BrF3N3/c9-4-3(10)1-2-6(5(4)11)14-8(12)15-7(2)13/h1H,(H2,13,14,15). The minimum absolute atomic E-state index is 0.0606. The Labute approximate surface area is 90.3 Å². The van der Waals surface area contributed by atoms with Gasteiger partial charge in [-0.15, -0.1) is 0 Å².